The van der Waals surface area contributed by atoms with Crippen molar-refractivity contribution in [2.75, 3.05) is 0 Å². The van der Waals surface area contributed by atoms with Crippen molar-refractivity contribution in [3.8, 4) is 0 Å². The molecule has 1 aromatic carbocycles. The normalized spacial score (nSPS) is 17.9. The third kappa shape index (κ3) is 5.38. The van der Waals surface area contributed by atoms with Gasteiger partial charge in [-0.3, -0.25) is 14.3 Å². The van der Waals surface area contributed by atoms with Crippen molar-refractivity contribution in [1.29, 1.82) is 0 Å². The van der Waals surface area contributed by atoms with Gasteiger partial charge in [-0.2, -0.15) is 5.10 Å². The molecule has 1 amide bonds. The zero-order chi connectivity index (χ0) is 23.7. The first-order valence-electron chi connectivity index (χ1n) is 11.5. The Morgan fingerprint density at radius 2 is 1.91 bits per heavy atom. The lowest BCUT2D eigenvalue weighted by atomic mass is 9.95. The summed E-state index contributed by atoms with van der Waals surface area (Å²) in [7, 11) is -2.01. The maximum Gasteiger partial charge on any atom is 0.226 e. The highest BCUT2D eigenvalue weighted by atomic mass is 28.4. The fraction of sp³-hybridized carbons (Fsp3) is 0.560. The van der Waals surface area contributed by atoms with Crippen LogP contribution in [0.1, 0.15) is 62.3 Å². The van der Waals surface area contributed by atoms with Crippen molar-refractivity contribution in [2.24, 2.45) is 0 Å². The van der Waals surface area contributed by atoms with Crippen molar-refractivity contribution in [2.45, 2.75) is 90.8 Å². The molecule has 0 saturated carbocycles. The summed E-state index contributed by atoms with van der Waals surface area (Å²) in [6, 6.07) is 12.0. The molecule has 2 atom stereocenters. The zero-order valence-electron chi connectivity index (χ0n) is 20.5. The van der Waals surface area contributed by atoms with Crippen LogP contribution in [0.2, 0.25) is 18.1 Å². The monoisotopic (exact) mass is 455 g/mol. The molecule has 0 unspecified atom stereocenters. The summed E-state index contributed by atoms with van der Waals surface area (Å²) in [6.07, 6.45) is 1.22. The zero-order valence-corrected chi connectivity index (χ0v) is 21.5. The lowest BCUT2D eigenvalue weighted by Crippen LogP contribution is -2.60. The average Bonchev–Trinajstić information content (AvgIpc) is 3.06. The first kappa shape index (κ1) is 24.4. The van der Waals surface area contributed by atoms with E-state index in [1.165, 1.54) is 5.56 Å². The second-order valence-electron chi connectivity index (χ2n) is 10.4. The number of benzene rings is 1. The van der Waals surface area contributed by atoms with Gasteiger partial charge in [0.15, 0.2) is 14.1 Å². The molecule has 3 rings (SSSR count). The number of nitrogens with zero attached hydrogens (tertiary/aromatic N) is 3. The van der Waals surface area contributed by atoms with E-state index in [0.717, 1.165) is 18.7 Å². The summed E-state index contributed by atoms with van der Waals surface area (Å²) in [5.74, 6) is 0.0344. The molecule has 1 saturated heterocycles. The number of aromatic nitrogens is 2. The molecule has 0 N–H and O–H groups in total. The maximum absolute atomic E-state index is 13.0. The van der Waals surface area contributed by atoms with E-state index < -0.39 is 8.32 Å². The molecule has 7 heteroatoms. The van der Waals surface area contributed by atoms with Crippen molar-refractivity contribution in [3.63, 3.8) is 0 Å². The van der Waals surface area contributed by atoms with E-state index in [2.05, 4.69) is 51.1 Å². The van der Waals surface area contributed by atoms with Gasteiger partial charge in [0.1, 0.15) is 11.9 Å². The smallest absolute Gasteiger partial charge is 0.226 e. The molecule has 1 fully saturated rings. The highest BCUT2D eigenvalue weighted by Crippen LogP contribution is 2.39. The first-order valence-corrected chi connectivity index (χ1v) is 14.4. The van der Waals surface area contributed by atoms with Gasteiger partial charge in [0, 0.05) is 25.1 Å². The second kappa shape index (κ2) is 9.31. The Kier molecular flexibility index (Phi) is 7.10. The minimum Gasteiger partial charge on any atom is -0.397 e. The Labute approximate surface area is 193 Å². The van der Waals surface area contributed by atoms with E-state index in [0.29, 0.717) is 12.1 Å². The predicted octanol–water partition coefficient (Wildman–Crippen LogP) is 4.98. The largest absolute Gasteiger partial charge is 0.397 e. The molecule has 2 heterocycles. The molecule has 6 nitrogen and oxygen atoms in total. The van der Waals surface area contributed by atoms with Crippen molar-refractivity contribution in [1.82, 2.24) is 14.7 Å². The van der Waals surface area contributed by atoms with Crippen LogP contribution in [0.5, 0.6) is 0 Å². The van der Waals surface area contributed by atoms with E-state index in [4.69, 9.17) is 4.43 Å². The van der Waals surface area contributed by atoms with Gasteiger partial charge in [-0.15, -0.1) is 0 Å². The fourth-order valence-electron chi connectivity index (χ4n) is 3.90. The quantitative estimate of drug-likeness (QED) is 0.304. The van der Waals surface area contributed by atoms with Gasteiger partial charge in [0.25, 0.3) is 0 Å². The number of amides is 1. The predicted molar refractivity (Wildman–Crippen MR) is 129 cm³/mol. The Bertz CT molecular complexity index is 963. The van der Waals surface area contributed by atoms with Gasteiger partial charge < -0.3 is 9.33 Å². The molecule has 1 aromatic heterocycles. The maximum atomic E-state index is 13.0. The number of Topliss-reactive ketones (excluding diaryl/α,β-unsaturated/α-hetero) is 1. The van der Waals surface area contributed by atoms with Crippen LogP contribution in [-0.4, -0.2) is 47.0 Å². The van der Waals surface area contributed by atoms with Gasteiger partial charge in [-0.25, -0.2) is 0 Å². The second-order valence-corrected chi connectivity index (χ2v) is 15.1. The molecule has 0 bridgehead atoms. The molecule has 1 aliphatic rings. The summed E-state index contributed by atoms with van der Waals surface area (Å²) in [5, 5.41) is 4.62. The molecule has 1 aliphatic heterocycles. The number of hydrogen-bond acceptors (Lipinski definition) is 4. The van der Waals surface area contributed by atoms with Crippen LogP contribution in [0, 0.1) is 6.92 Å². The Morgan fingerprint density at radius 1 is 1.25 bits per heavy atom. The Balaban J connectivity index is 1.61. The summed E-state index contributed by atoms with van der Waals surface area (Å²) in [5.41, 5.74) is 2.70. The molecule has 2 aromatic rings. The molecular weight excluding hydrogens is 418 g/mol. The SMILES string of the molecule is Cc1cc(C(=O)C[C@@H]2CC(=O)N2[C@@H](C)O[Si](C)(C)C(C)(C)C)nn1CCc1ccccc1. The van der Waals surface area contributed by atoms with Crippen LogP contribution < -0.4 is 0 Å². The van der Waals surface area contributed by atoms with Crippen LogP contribution in [0.25, 0.3) is 0 Å². The first-order chi connectivity index (χ1) is 14.9. The Morgan fingerprint density at radius 3 is 2.50 bits per heavy atom. The molecule has 0 radical (unpaired) electrons. The van der Waals surface area contributed by atoms with Crippen molar-refractivity contribution >= 4 is 20.0 Å². The topological polar surface area (TPSA) is 64.4 Å². The van der Waals surface area contributed by atoms with Gasteiger partial charge in [-0.1, -0.05) is 51.1 Å². The number of likely N-dealkylation sites (tertiary alicyclic amines) is 1. The fourth-order valence-corrected chi connectivity index (χ4v) is 5.22. The highest BCUT2D eigenvalue weighted by Gasteiger charge is 2.45. The summed E-state index contributed by atoms with van der Waals surface area (Å²) in [6.45, 7) is 15.5. The average molecular weight is 456 g/mol. The standard InChI is InChI=1S/C25H37N3O3Si/c1-18-15-22(26-27(18)14-13-20-11-9-8-10-12-20)23(29)16-21-17-24(30)28(21)19(2)31-32(6,7)25(3,4)5/h8-12,15,19,21H,13-14,16-17H2,1-7H3/t19-,21-/m1/s1. The molecule has 0 spiro atoms. The van der Waals surface area contributed by atoms with Crippen molar-refractivity contribution in [3.05, 3.63) is 53.3 Å². The van der Waals surface area contributed by atoms with Crippen LogP contribution in [0.15, 0.2) is 36.4 Å². The number of carbonyl (C=O) groups excluding carboxylic acids is 2. The lowest BCUT2D eigenvalue weighted by Gasteiger charge is -2.48. The van der Waals surface area contributed by atoms with Gasteiger partial charge >= 0.3 is 0 Å². The van der Waals surface area contributed by atoms with E-state index in [9.17, 15) is 9.59 Å². The van der Waals surface area contributed by atoms with Gasteiger partial charge in [-0.05, 0) is 50.0 Å². The number of rotatable bonds is 9. The van der Waals surface area contributed by atoms with Crippen LogP contribution in [0.3, 0.4) is 0 Å². The van der Waals surface area contributed by atoms with Crippen LogP contribution in [-0.2, 0) is 22.2 Å². The number of aryl methyl sites for hydroxylation is 3. The molecule has 32 heavy (non-hydrogen) atoms. The van der Waals surface area contributed by atoms with Crippen molar-refractivity contribution < 1.29 is 14.0 Å². The Hall–Kier alpha value is -2.25. The summed E-state index contributed by atoms with van der Waals surface area (Å²) < 4.78 is 8.30. The van der Waals surface area contributed by atoms with Gasteiger partial charge in [0.05, 0.1) is 6.04 Å². The van der Waals surface area contributed by atoms with E-state index in [1.54, 1.807) is 4.90 Å². The number of β-lactam (4-membered cyclic amide) rings is 1. The van der Waals surface area contributed by atoms with Crippen LogP contribution >= 0.6 is 0 Å². The van der Waals surface area contributed by atoms with Crippen LogP contribution in [0.4, 0.5) is 0 Å². The van der Waals surface area contributed by atoms with Gasteiger partial charge in [0.2, 0.25) is 5.91 Å². The molecule has 0 aliphatic carbocycles. The molecular formula is C25H37N3O3Si. The summed E-state index contributed by atoms with van der Waals surface area (Å²) >= 11 is 0. The van der Waals surface area contributed by atoms with E-state index in [1.807, 2.05) is 42.8 Å². The third-order valence-corrected chi connectivity index (χ3v) is 11.4. The third-order valence-electron chi connectivity index (χ3n) is 6.90. The number of hydrogen-bond donors (Lipinski definition) is 0. The van der Waals surface area contributed by atoms with E-state index in [-0.39, 0.29) is 35.4 Å². The summed E-state index contributed by atoms with van der Waals surface area (Å²) in [4.78, 5) is 27.1. The number of carbonyl (C=O) groups is 2. The highest BCUT2D eigenvalue weighted by molar-refractivity contribution is 6.74. The number of ketones is 1. The minimum absolute atomic E-state index is 0.0198. The lowest BCUT2D eigenvalue weighted by molar-refractivity contribution is -0.159. The molecule has 174 valence electrons. The van der Waals surface area contributed by atoms with E-state index >= 15 is 0 Å². The minimum atomic E-state index is -2.01.